The zero-order chi connectivity index (χ0) is 26.4. The van der Waals surface area contributed by atoms with Crippen molar-refractivity contribution >= 4 is 66.3 Å². The van der Waals surface area contributed by atoms with E-state index in [1.165, 1.54) is 35.7 Å². The fourth-order valence-corrected chi connectivity index (χ4v) is 9.79. The molecule has 4 bridgehead atoms. The van der Waals surface area contributed by atoms with E-state index in [-0.39, 0.29) is 32.7 Å². The summed E-state index contributed by atoms with van der Waals surface area (Å²) in [7, 11) is -3.85. The number of phenols is 1. The summed E-state index contributed by atoms with van der Waals surface area (Å²) < 4.78 is 29.5. The summed E-state index contributed by atoms with van der Waals surface area (Å²) in [6, 6.07) is 15.1. The van der Waals surface area contributed by atoms with Crippen molar-refractivity contribution in [1.29, 1.82) is 0 Å². The van der Waals surface area contributed by atoms with Gasteiger partial charge in [0.2, 0.25) is 10.0 Å². The van der Waals surface area contributed by atoms with E-state index < -0.39 is 10.0 Å². The topological polar surface area (TPSA) is 73.4 Å². The molecule has 198 valence electrons. The van der Waals surface area contributed by atoms with Crippen LogP contribution >= 0.6 is 23.2 Å². The first-order chi connectivity index (χ1) is 18.2. The van der Waals surface area contributed by atoms with Crippen LogP contribution in [-0.4, -0.2) is 24.3 Å². The number of nitrogens with one attached hydrogen (secondary N) is 1. The van der Waals surface area contributed by atoms with Gasteiger partial charge in [-0.15, -0.1) is 0 Å². The third-order valence-electron chi connectivity index (χ3n) is 9.31. The Hall–Kier alpha value is -2.41. The van der Waals surface area contributed by atoms with E-state index in [1.807, 2.05) is 12.1 Å². The maximum atomic E-state index is 14.1. The Balaban J connectivity index is 1.60. The van der Waals surface area contributed by atoms with Gasteiger partial charge in [0.05, 0.1) is 27.2 Å². The van der Waals surface area contributed by atoms with E-state index >= 15 is 0 Å². The van der Waals surface area contributed by atoms with Crippen molar-refractivity contribution in [2.75, 3.05) is 10.1 Å². The van der Waals surface area contributed by atoms with Crippen molar-refractivity contribution in [2.24, 2.45) is 17.8 Å². The molecule has 8 heteroatoms. The van der Waals surface area contributed by atoms with Crippen molar-refractivity contribution in [3.8, 4) is 5.75 Å². The van der Waals surface area contributed by atoms with E-state index in [9.17, 15) is 13.5 Å². The number of rotatable bonds is 5. The summed E-state index contributed by atoms with van der Waals surface area (Å²) in [6.45, 7) is 1.65. The number of phenolic OH excluding ortho intramolecular Hbond substituents is 1. The molecule has 0 aliphatic heterocycles. The molecule has 4 aliphatic carbocycles. The highest BCUT2D eigenvalue weighted by Crippen LogP contribution is 2.63. The highest BCUT2D eigenvalue weighted by molar-refractivity contribution is 7.93. The number of fused-ring (bicyclic) bond motifs is 3. The minimum absolute atomic E-state index is 0.0572. The molecule has 8 rings (SSSR count). The molecular formula is C30H30Cl2N2O3S. The van der Waals surface area contributed by atoms with E-state index in [0.29, 0.717) is 23.4 Å². The number of sulfonamides is 1. The molecule has 2 N–H and O–H groups in total. The SMILES string of the molecule is CCS(=O)(=O)N(c1cc(Cl)c(O)cc1Cl)c1c(C23CC4CC(CC(C4)C2)C3)[nH]c2ccc3ccccc3c12. The Morgan fingerprint density at radius 1 is 0.974 bits per heavy atom. The molecule has 4 aliphatic rings. The lowest BCUT2D eigenvalue weighted by Crippen LogP contribution is -2.49. The molecule has 1 heterocycles. The van der Waals surface area contributed by atoms with E-state index in [0.717, 1.165) is 46.6 Å². The number of benzene rings is 3. The Kier molecular flexibility index (Phi) is 5.53. The number of halogens is 2. The number of hydrogen-bond acceptors (Lipinski definition) is 3. The van der Waals surface area contributed by atoms with Gasteiger partial charge in [-0.1, -0.05) is 53.5 Å². The smallest absolute Gasteiger partial charge is 0.239 e. The Morgan fingerprint density at radius 3 is 2.29 bits per heavy atom. The zero-order valence-electron chi connectivity index (χ0n) is 21.2. The Morgan fingerprint density at radius 2 is 1.63 bits per heavy atom. The standard InChI is InChI=1S/C30H30Cl2N2O3S/c1-2-38(36,37)34(25-12-23(32)26(35)13-22(25)31)28-27-21-6-4-3-5-20(21)7-8-24(27)33-29(28)30-14-17-9-18(15-30)11-19(10-17)16-30/h3-8,12-13,17-19,33,35H,2,9-11,14-16H2,1H3. The van der Waals surface area contributed by atoms with Gasteiger partial charge in [0.25, 0.3) is 0 Å². The van der Waals surface area contributed by atoms with Crippen molar-refractivity contribution in [2.45, 2.75) is 50.9 Å². The zero-order valence-corrected chi connectivity index (χ0v) is 23.5. The van der Waals surface area contributed by atoms with Crippen LogP contribution in [0.3, 0.4) is 0 Å². The number of hydrogen-bond donors (Lipinski definition) is 2. The van der Waals surface area contributed by atoms with Crippen molar-refractivity contribution < 1.29 is 13.5 Å². The number of aromatic nitrogens is 1. The lowest BCUT2D eigenvalue weighted by Gasteiger charge is -2.57. The molecule has 3 aromatic carbocycles. The Labute approximate surface area is 232 Å². The highest BCUT2D eigenvalue weighted by atomic mass is 35.5. The molecule has 0 spiro atoms. The van der Waals surface area contributed by atoms with Crippen LogP contribution in [-0.2, 0) is 15.4 Å². The van der Waals surface area contributed by atoms with Crippen LogP contribution in [0.25, 0.3) is 21.7 Å². The second kappa shape index (κ2) is 8.54. The van der Waals surface area contributed by atoms with Crippen molar-refractivity contribution in [1.82, 2.24) is 4.98 Å². The average molecular weight is 570 g/mol. The molecule has 4 saturated carbocycles. The lowest BCUT2D eigenvalue weighted by atomic mass is 9.48. The molecule has 0 atom stereocenters. The van der Waals surface area contributed by atoms with E-state index in [4.69, 9.17) is 23.2 Å². The molecule has 0 unspecified atom stereocenters. The van der Waals surface area contributed by atoms with Crippen LogP contribution in [0.2, 0.25) is 10.0 Å². The predicted octanol–water partition coefficient (Wildman–Crippen LogP) is 8.29. The predicted molar refractivity (Wildman–Crippen MR) is 155 cm³/mol. The van der Waals surface area contributed by atoms with Gasteiger partial charge in [0.1, 0.15) is 5.75 Å². The van der Waals surface area contributed by atoms with Gasteiger partial charge in [-0.2, -0.15) is 0 Å². The summed E-state index contributed by atoms with van der Waals surface area (Å²) in [5.74, 6) is 1.75. The summed E-state index contributed by atoms with van der Waals surface area (Å²) in [4.78, 5) is 3.77. The molecule has 4 aromatic rings. The van der Waals surface area contributed by atoms with Gasteiger partial charge in [-0.25, -0.2) is 12.7 Å². The van der Waals surface area contributed by atoms with E-state index in [2.05, 4.69) is 29.2 Å². The molecule has 0 saturated heterocycles. The van der Waals surface area contributed by atoms with Crippen LogP contribution in [0.15, 0.2) is 48.5 Å². The number of H-pyrrole nitrogens is 1. The summed E-state index contributed by atoms with van der Waals surface area (Å²) in [5.41, 5.74) is 2.72. The third-order valence-corrected chi connectivity index (χ3v) is 11.6. The molecule has 4 fully saturated rings. The molecule has 38 heavy (non-hydrogen) atoms. The van der Waals surface area contributed by atoms with Crippen LogP contribution in [0.4, 0.5) is 11.4 Å². The van der Waals surface area contributed by atoms with Gasteiger partial charge in [0, 0.05) is 28.1 Å². The summed E-state index contributed by atoms with van der Waals surface area (Å²) >= 11 is 13.0. The highest BCUT2D eigenvalue weighted by Gasteiger charge is 2.54. The first-order valence-corrected chi connectivity index (χ1v) is 15.8. The van der Waals surface area contributed by atoms with Gasteiger partial charge < -0.3 is 10.1 Å². The molecule has 0 amide bonds. The van der Waals surface area contributed by atoms with Crippen LogP contribution in [0.5, 0.6) is 5.75 Å². The quantitative estimate of drug-likeness (QED) is 0.254. The lowest BCUT2D eigenvalue weighted by molar-refractivity contribution is -0.00657. The Bertz CT molecular complexity index is 1680. The second-order valence-electron chi connectivity index (χ2n) is 11.7. The first kappa shape index (κ1) is 24.6. The third kappa shape index (κ3) is 3.60. The average Bonchev–Trinajstić information content (AvgIpc) is 3.27. The van der Waals surface area contributed by atoms with Gasteiger partial charge in [-0.05, 0) is 86.1 Å². The van der Waals surface area contributed by atoms with Gasteiger partial charge >= 0.3 is 0 Å². The van der Waals surface area contributed by atoms with Crippen LogP contribution in [0, 0.1) is 17.8 Å². The molecule has 1 aromatic heterocycles. The summed E-state index contributed by atoms with van der Waals surface area (Å²) in [6.07, 6.45) is 7.07. The normalized spacial score (nSPS) is 26.4. The molecule has 5 nitrogen and oxygen atoms in total. The van der Waals surface area contributed by atoms with Crippen molar-refractivity contribution in [3.63, 3.8) is 0 Å². The van der Waals surface area contributed by atoms with Gasteiger partial charge in [0.15, 0.2) is 0 Å². The fourth-order valence-electron chi connectivity index (χ4n) is 8.17. The van der Waals surface area contributed by atoms with Crippen LogP contribution in [0.1, 0.15) is 51.1 Å². The second-order valence-corrected chi connectivity index (χ2v) is 14.6. The minimum atomic E-state index is -3.85. The maximum Gasteiger partial charge on any atom is 0.239 e. The number of aromatic hydroxyl groups is 1. The van der Waals surface area contributed by atoms with E-state index in [1.54, 1.807) is 6.92 Å². The van der Waals surface area contributed by atoms with Crippen molar-refractivity contribution in [3.05, 3.63) is 64.3 Å². The largest absolute Gasteiger partial charge is 0.506 e. The monoisotopic (exact) mass is 568 g/mol. The number of anilines is 2. The maximum absolute atomic E-state index is 14.1. The van der Waals surface area contributed by atoms with Crippen LogP contribution < -0.4 is 4.31 Å². The van der Waals surface area contributed by atoms with Gasteiger partial charge in [-0.3, -0.25) is 0 Å². The number of aromatic amines is 1. The molecule has 0 radical (unpaired) electrons. The summed E-state index contributed by atoms with van der Waals surface area (Å²) in [5, 5.41) is 13.3. The fraction of sp³-hybridized carbons (Fsp3) is 0.400. The first-order valence-electron chi connectivity index (χ1n) is 13.4. The molecular weight excluding hydrogens is 539 g/mol. The minimum Gasteiger partial charge on any atom is -0.506 e. The number of nitrogens with zero attached hydrogens (tertiary/aromatic N) is 1.